The fourth-order valence-electron chi connectivity index (χ4n) is 2.73. The number of nitrogens with zero attached hydrogens (tertiary/aromatic N) is 2. The second-order valence-electron chi connectivity index (χ2n) is 5.86. The van der Waals surface area contributed by atoms with Crippen molar-refractivity contribution in [3.63, 3.8) is 0 Å². The van der Waals surface area contributed by atoms with E-state index in [0.717, 1.165) is 25.7 Å². The smallest absolute Gasteiger partial charge is 0.262 e. The minimum Gasteiger partial charge on any atom is -0.334 e. The summed E-state index contributed by atoms with van der Waals surface area (Å²) in [6.07, 6.45) is 3.74. The molecule has 0 saturated heterocycles. The topological polar surface area (TPSA) is 64.9 Å². The van der Waals surface area contributed by atoms with Gasteiger partial charge in [0.1, 0.15) is 5.82 Å². The highest BCUT2D eigenvalue weighted by atomic mass is 79.9. The van der Waals surface area contributed by atoms with E-state index in [0.29, 0.717) is 16.2 Å². The maximum absolute atomic E-state index is 13.9. The third-order valence-electron chi connectivity index (χ3n) is 4.21. The fourth-order valence-corrected chi connectivity index (χ4v) is 3.24. The molecule has 1 heterocycles. The van der Waals surface area contributed by atoms with Crippen LogP contribution in [0.4, 0.5) is 4.39 Å². The van der Waals surface area contributed by atoms with Gasteiger partial charge in [-0.05, 0) is 59.7 Å². The summed E-state index contributed by atoms with van der Waals surface area (Å²) in [5.41, 5.74) is 6.14. The molecule has 1 saturated carbocycles. The Morgan fingerprint density at radius 2 is 2.10 bits per heavy atom. The van der Waals surface area contributed by atoms with E-state index in [-0.39, 0.29) is 11.5 Å². The number of aromatic nitrogens is 2. The Morgan fingerprint density at radius 1 is 1.38 bits per heavy atom. The Balaban J connectivity index is 1.94. The van der Waals surface area contributed by atoms with E-state index in [1.54, 1.807) is 12.1 Å². The summed E-state index contributed by atoms with van der Waals surface area (Å²) in [6, 6.07) is 4.72. The summed E-state index contributed by atoms with van der Waals surface area (Å²) in [4.78, 5) is 4.35. The molecule has 3 rings (SSSR count). The summed E-state index contributed by atoms with van der Waals surface area (Å²) in [7, 11) is 0. The molecule has 6 heteroatoms. The minimum atomic E-state index is -0.563. The standard InChI is InChI=1S/C15H17BrFN3O/c1-9-5-7-15(18,8-6-9)14-19-13(21-20-14)12-10(16)3-2-4-11(12)17/h2-4,9H,5-8,18H2,1H3. The van der Waals surface area contributed by atoms with Gasteiger partial charge in [0.2, 0.25) is 0 Å². The summed E-state index contributed by atoms with van der Waals surface area (Å²) in [5.74, 6) is 0.912. The number of halogens is 2. The van der Waals surface area contributed by atoms with Gasteiger partial charge in [-0.1, -0.05) is 18.1 Å². The lowest BCUT2D eigenvalue weighted by atomic mass is 9.77. The van der Waals surface area contributed by atoms with E-state index in [1.165, 1.54) is 6.07 Å². The van der Waals surface area contributed by atoms with Gasteiger partial charge in [-0.15, -0.1) is 0 Å². The van der Waals surface area contributed by atoms with Crippen LogP contribution in [0.1, 0.15) is 38.4 Å². The quantitative estimate of drug-likeness (QED) is 0.885. The molecule has 0 atom stereocenters. The van der Waals surface area contributed by atoms with Crippen molar-refractivity contribution in [1.82, 2.24) is 10.1 Å². The van der Waals surface area contributed by atoms with Crippen LogP contribution < -0.4 is 5.73 Å². The van der Waals surface area contributed by atoms with E-state index in [2.05, 4.69) is 33.0 Å². The Morgan fingerprint density at radius 3 is 2.76 bits per heavy atom. The van der Waals surface area contributed by atoms with Gasteiger partial charge in [0.05, 0.1) is 11.1 Å². The second-order valence-corrected chi connectivity index (χ2v) is 6.71. The molecule has 2 N–H and O–H groups in total. The average Bonchev–Trinajstić information content (AvgIpc) is 2.92. The molecule has 0 bridgehead atoms. The molecule has 1 aromatic heterocycles. The summed E-state index contributed by atoms with van der Waals surface area (Å²) in [6.45, 7) is 2.22. The SMILES string of the molecule is CC1CCC(N)(c2noc(-c3c(F)cccc3Br)n2)CC1. The van der Waals surface area contributed by atoms with Crippen molar-refractivity contribution in [2.75, 3.05) is 0 Å². The Labute approximate surface area is 131 Å². The van der Waals surface area contributed by atoms with Crippen molar-refractivity contribution in [1.29, 1.82) is 0 Å². The molecule has 1 aromatic carbocycles. The minimum absolute atomic E-state index is 0.165. The molecule has 1 aliphatic rings. The van der Waals surface area contributed by atoms with Crippen LogP contribution in [0, 0.1) is 11.7 Å². The number of rotatable bonds is 2. The molecule has 1 aliphatic carbocycles. The highest BCUT2D eigenvalue weighted by Crippen LogP contribution is 2.37. The Kier molecular flexibility index (Phi) is 3.84. The molecular weight excluding hydrogens is 337 g/mol. The first-order valence-electron chi connectivity index (χ1n) is 7.07. The van der Waals surface area contributed by atoms with Crippen LogP contribution in [-0.2, 0) is 5.54 Å². The molecule has 0 aliphatic heterocycles. The van der Waals surface area contributed by atoms with Crippen molar-refractivity contribution in [3.05, 3.63) is 34.3 Å². The van der Waals surface area contributed by atoms with Crippen molar-refractivity contribution in [3.8, 4) is 11.5 Å². The van der Waals surface area contributed by atoms with Crippen LogP contribution in [0.15, 0.2) is 27.2 Å². The number of benzene rings is 1. The Bertz CT molecular complexity index is 630. The number of hydrogen-bond acceptors (Lipinski definition) is 4. The first-order chi connectivity index (χ1) is 9.99. The predicted molar refractivity (Wildman–Crippen MR) is 80.9 cm³/mol. The molecule has 1 fully saturated rings. The lowest BCUT2D eigenvalue weighted by Gasteiger charge is -2.33. The maximum Gasteiger partial charge on any atom is 0.262 e. The monoisotopic (exact) mass is 353 g/mol. The number of nitrogens with two attached hydrogens (primary N) is 1. The van der Waals surface area contributed by atoms with E-state index in [9.17, 15) is 4.39 Å². The van der Waals surface area contributed by atoms with Crippen LogP contribution in [0.5, 0.6) is 0 Å². The van der Waals surface area contributed by atoms with Gasteiger partial charge >= 0.3 is 0 Å². The van der Waals surface area contributed by atoms with Gasteiger partial charge in [-0.3, -0.25) is 0 Å². The van der Waals surface area contributed by atoms with E-state index in [1.807, 2.05) is 0 Å². The van der Waals surface area contributed by atoms with Crippen LogP contribution in [0.3, 0.4) is 0 Å². The van der Waals surface area contributed by atoms with Crippen molar-refractivity contribution >= 4 is 15.9 Å². The lowest BCUT2D eigenvalue weighted by Crippen LogP contribution is -2.41. The first-order valence-corrected chi connectivity index (χ1v) is 7.86. The summed E-state index contributed by atoms with van der Waals surface area (Å²) < 4.78 is 19.8. The lowest BCUT2D eigenvalue weighted by molar-refractivity contribution is 0.230. The third kappa shape index (κ3) is 2.74. The molecular formula is C15H17BrFN3O. The molecule has 2 aromatic rings. The third-order valence-corrected chi connectivity index (χ3v) is 4.88. The molecule has 4 nitrogen and oxygen atoms in total. The van der Waals surface area contributed by atoms with Crippen molar-refractivity contribution in [2.45, 2.75) is 38.1 Å². The summed E-state index contributed by atoms with van der Waals surface area (Å²) >= 11 is 3.31. The highest BCUT2D eigenvalue weighted by molar-refractivity contribution is 9.10. The van der Waals surface area contributed by atoms with Crippen molar-refractivity contribution < 1.29 is 8.91 Å². The maximum atomic E-state index is 13.9. The average molecular weight is 354 g/mol. The zero-order chi connectivity index (χ0) is 15.0. The molecule has 112 valence electrons. The van der Waals surface area contributed by atoms with Gasteiger partial charge in [-0.25, -0.2) is 4.39 Å². The number of hydrogen-bond donors (Lipinski definition) is 1. The van der Waals surface area contributed by atoms with Crippen LogP contribution in [0.2, 0.25) is 0 Å². The molecule has 0 amide bonds. The van der Waals surface area contributed by atoms with E-state index in [4.69, 9.17) is 10.3 Å². The second kappa shape index (κ2) is 5.50. The largest absolute Gasteiger partial charge is 0.334 e. The Hall–Kier alpha value is -1.27. The zero-order valence-corrected chi connectivity index (χ0v) is 13.4. The first kappa shape index (κ1) is 14.7. The van der Waals surface area contributed by atoms with Crippen LogP contribution in [0.25, 0.3) is 11.5 Å². The van der Waals surface area contributed by atoms with E-state index >= 15 is 0 Å². The molecule has 0 spiro atoms. The molecule has 0 radical (unpaired) electrons. The highest BCUT2D eigenvalue weighted by Gasteiger charge is 2.36. The van der Waals surface area contributed by atoms with Crippen LogP contribution in [-0.4, -0.2) is 10.1 Å². The van der Waals surface area contributed by atoms with Gasteiger partial charge in [-0.2, -0.15) is 4.98 Å². The van der Waals surface area contributed by atoms with Gasteiger partial charge in [0, 0.05) is 4.47 Å². The summed E-state index contributed by atoms with van der Waals surface area (Å²) in [5, 5.41) is 4.00. The normalized spacial score (nSPS) is 26.0. The molecule has 0 unspecified atom stereocenters. The zero-order valence-electron chi connectivity index (χ0n) is 11.8. The van der Waals surface area contributed by atoms with Crippen molar-refractivity contribution in [2.24, 2.45) is 11.7 Å². The van der Waals surface area contributed by atoms with Gasteiger partial charge in [0.15, 0.2) is 5.82 Å². The van der Waals surface area contributed by atoms with Gasteiger partial charge in [0.25, 0.3) is 5.89 Å². The molecule has 21 heavy (non-hydrogen) atoms. The van der Waals surface area contributed by atoms with E-state index < -0.39 is 11.4 Å². The van der Waals surface area contributed by atoms with Gasteiger partial charge < -0.3 is 10.3 Å². The fraction of sp³-hybridized carbons (Fsp3) is 0.467. The van der Waals surface area contributed by atoms with Crippen LogP contribution >= 0.6 is 15.9 Å². The predicted octanol–water partition coefficient (Wildman–Crippen LogP) is 4.00.